The van der Waals surface area contributed by atoms with E-state index in [1.54, 1.807) is 6.07 Å². The van der Waals surface area contributed by atoms with Crippen molar-refractivity contribution in [2.45, 2.75) is 13.0 Å². The molecule has 2 N–H and O–H groups in total. The Morgan fingerprint density at radius 2 is 1.88 bits per heavy atom. The van der Waals surface area contributed by atoms with E-state index in [1.807, 2.05) is 7.05 Å². The summed E-state index contributed by atoms with van der Waals surface area (Å²) in [5, 5.41) is 13.3. The first-order valence-corrected chi connectivity index (χ1v) is 7.85. The normalized spacial score (nSPS) is 14.7. The third-order valence-corrected chi connectivity index (χ3v) is 4.71. The molecule has 3 aromatic rings. The van der Waals surface area contributed by atoms with Crippen LogP contribution in [0.3, 0.4) is 0 Å². The molecular weight excluding hydrogens is 328 g/mol. The van der Waals surface area contributed by atoms with Gasteiger partial charge in [0.05, 0.1) is 5.52 Å². The molecule has 2 aromatic carbocycles. The van der Waals surface area contributed by atoms with Crippen LogP contribution in [0.4, 0.5) is 14.5 Å². The second-order valence-corrected chi connectivity index (χ2v) is 6.36. The van der Waals surface area contributed by atoms with Gasteiger partial charge in [-0.2, -0.15) is 0 Å². The Bertz CT molecular complexity index is 993. The van der Waals surface area contributed by atoms with Gasteiger partial charge in [-0.1, -0.05) is 0 Å². The molecular formula is C18H15F2N3O2. The summed E-state index contributed by atoms with van der Waals surface area (Å²) in [6.45, 7) is 1.39. The van der Waals surface area contributed by atoms with Gasteiger partial charge >= 0.3 is 0 Å². The number of aromatic nitrogens is 1. The highest BCUT2D eigenvalue weighted by Crippen LogP contribution is 2.43. The molecule has 0 amide bonds. The standard InChI is InChI=1S/C18H15F2N3O2/c1-23-3-2-12-13(9-4-10(19)6-11(20)5-9)7-14-16(15(12)8-23)21-18(24)17(14)22-25/h4-7,21,24H,2-3,8H2,1H3. The number of likely N-dealkylation sites (N-methyl/N-ethyl adjacent to an activating group) is 1. The number of hydrogen-bond donors (Lipinski definition) is 2. The van der Waals surface area contributed by atoms with E-state index < -0.39 is 11.6 Å². The lowest BCUT2D eigenvalue weighted by atomic mass is 9.88. The highest BCUT2D eigenvalue weighted by molar-refractivity contribution is 6.00. The number of aromatic hydroxyl groups is 1. The summed E-state index contributed by atoms with van der Waals surface area (Å²) in [5.74, 6) is -1.63. The summed E-state index contributed by atoms with van der Waals surface area (Å²) < 4.78 is 27.4. The van der Waals surface area contributed by atoms with Gasteiger partial charge in [-0.3, -0.25) is 0 Å². The average Bonchev–Trinajstić information content (AvgIpc) is 2.88. The van der Waals surface area contributed by atoms with Crippen molar-refractivity contribution in [3.63, 3.8) is 0 Å². The van der Waals surface area contributed by atoms with Crippen LogP contribution in [0.5, 0.6) is 5.88 Å². The van der Waals surface area contributed by atoms with Gasteiger partial charge in [0.1, 0.15) is 11.6 Å². The minimum atomic E-state index is -0.664. The quantitative estimate of drug-likeness (QED) is 0.685. The number of halogens is 2. The van der Waals surface area contributed by atoms with Crippen LogP contribution in [0.1, 0.15) is 11.1 Å². The van der Waals surface area contributed by atoms with Crippen LogP contribution >= 0.6 is 0 Å². The third kappa shape index (κ3) is 2.47. The fraction of sp³-hybridized carbons (Fsp3) is 0.222. The Hall–Kier alpha value is -2.80. The molecule has 0 saturated carbocycles. The molecule has 0 unspecified atom stereocenters. The minimum absolute atomic E-state index is 0.0934. The van der Waals surface area contributed by atoms with Crippen molar-refractivity contribution in [1.82, 2.24) is 9.88 Å². The highest BCUT2D eigenvalue weighted by Gasteiger charge is 2.24. The van der Waals surface area contributed by atoms with Crippen LogP contribution in [-0.2, 0) is 13.0 Å². The Morgan fingerprint density at radius 1 is 1.16 bits per heavy atom. The number of H-pyrrole nitrogens is 1. The molecule has 5 nitrogen and oxygen atoms in total. The van der Waals surface area contributed by atoms with Crippen LogP contribution in [0.2, 0.25) is 0 Å². The summed E-state index contributed by atoms with van der Waals surface area (Å²) in [6.07, 6.45) is 0.693. The zero-order chi connectivity index (χ0) is 17.7. The zero-order valence-electron chi connectivity index (χ0n) is 13.4. The first kappa shape index (κ1) is 15.7. The molecule has 0 radical (unpaired) electrons. The zero-order valence-corrected chi connectivity index (χ0v) is 13.4. The van der Waals surface area contributed by atoms with E-state index in [-0.39, 0.29) is 11.6 Å². The van der Waals surface area contributed by atoms with Gasteiger partial charge in [0.25, 0.3) is 0 Å². The highest BCUT2D eigenvalue weighted by atomic mass is 19.1. The molecule has 25 heavy (non-hydrogen) atoms. The number of rotatable bonds is 2. The van der Waals surface area contributed by atoms with E-state index >= 15 is 0 Å². The molecule has 0 atom stereocenters. The van der Waals surface area contributed by atoms with Crippen LogP contribution in [0.25, 0.3) is 22.0 Å². The first-order valence-electron chi connectivity index (χ1n) is 7.85. The molecule has 128 valence electrons. The molecule has 0 aliphatic carbocycles. The van der Waals surface area contributed by atoms with Crippen molar-refractivity contribution in [3.05, 3.63) is 51.9 Å². The van der Waals surface area contributed by atoms with E-state index in [1.165, 1.54) is 12.1 Å². The fourth-order valence-corrected chi connectivity index (χ4v) is 3.59. The summed E-state index contributed by atoms with van der Waals surface area (Å²) in [7, 11) is 1.96. The van der Waals surface area contributed by atoms with Gasteiger partial charge in [0, 0.05) is 24.5 Å². The van der Waals surface area contributed by atoms with Crippen LogP contribution in [0, 0.1) is 16.5 Å². The largest absolute Gasteiger partial charge is 0.493 e. The van der Waals surface area contributed by atoms with E-state index in [0.717, 1.165) is 23.7 Å². The van der Waals surface area contributed by atoms with Gasteiger partial charge in [-0.15, -0.1) is 4.91 Å². The maximum Gasteiger partial charge on any atom is 0.219 e. The SMILES string of the molecule is CN1CCc2c(-c3cc(F)cc(F)c3)cc3c(N=O)c(O)[nH]c3c2C1. The number of benzene rings is 2. The summed E-state index contributed by atoms with van der Waals surface area (Å²) in [4.78, 5) is 16.0. The molecule has 1 aliphatic rings. The van der Waals surface area contributed by atoms with Gasteiger partial charge in [0.15, 0.2) is 5.69 Å². The lowest BCUT2D eigenvalue weighted by Gasteiger charge is -2.27. The first-order chi connectivity index (χ1) is 12.0. The van der Waals surface area contributed by atoms with Crippen LogP contribution < -0.4 is 0 Å². The predicted molar refractivity (Wildman–Crippen MR) is 90.8 cm³/mol. The number of hydrogen-bond acceptors (Lipinski definition) is 4. The Morgan fingerprint density at radius 3 is 2.56 bits per heavy atom. The van der Waals surface area contributed by atoms with Crippen molar-refractivity contribution in [2.75, 3.05) is 13.6 Å². The van der Waals surface area contributed by atoms with E-state index in [2.05, 4.69) is 15.1 Å². The van der Waals surface area contributed by atoms with Gasteiger partial charge in [0.2, 0.25) is 5.88 Å². The minimum Gasteiger partial charge on any atom is -0.493 e. The topological polar surface area (TPSA) is 68.7 Å². The van der Waals surface area contributed by atoms with Crippen LogP contribution in [0.15, 0.2) is 29.4 Å². The van der Waals surface area contributed by atoms with E-state index in [4.69, 9.17) is 0 Å². The molecule has 0 fully saturated rings. The smallest absolute Gasteiger partial charge is 0.219 e. The van der Waals surface area contributed by atoms with Gasteiger partial charge in [-0.25, -0.2) is 8.78 Å². The second-order valence-electron chi connectivity index (χ2n) is 6.36. The van der Waals surface area contributed by atoms with Crippen LogP contribution in [-0.4, -0.2) is 28.6 Å². The van der Waals surface area contributed by atoms with Crippen molar-refractivity contribution in [1.29, 1.82) is 0 Å². The van der Waals surface area contributed by atoms with Crippen molar-refractivity contribution < 1.29 is 13.9 Å². The fourth-order valence-electron chi connectivity index (χ4n) is 3.59. The number of nitroso groups, excluding NO2 is 1. The number of nitrogens with zero attached hydrogens (tertiary/aromatic N) is 2. The molecule has 7 heteroatoms. The number of nitrogens with one attached hydrogen (secondary N) is 1. The Labute approximate surface area is 141 Å². The molecule has 1 aromatic heterocycles. The molecule has 4 rings (SSSR count). The van der Waals surface area contributed by atoms with Gasteiger partial charge in [-0.05, 0) is 59.1 Å². The molecule has 0 spiro atoms. The molecule has 0 bridgehead atoms. The maximum absolute atomic E-state index is 13.7. The Balaban J connectivity index is 2.08. The lowest BCUT2D eigenvalue weighted by molar-refractivity contribution is 0.314. The lowest BCUT2D eigenvalue weighted by Crippen LogP contribution is -2.27. The second kappa shape index (κ2) is 5.63. The van der Waals surface area contributed by atoms with E-state index in [0.29, 0.717) is 35.0 Å². The number of aromatic amines is 1. The van der Waals surface area contributed by atoms with E-state index in [9.17, 15) is 18.8 Å². The molecule has 1 aliphatic heterocycles. The van der Waals surface area contributed by atoms with Gasteiger partial charge < -0.3 is 15.0 Å². The summed E-state index contributed by atoms with van der Waals surface area (Å²) in [6, 6.07) is 5.02. The Kier molecular flexibility index (Phi) is 3.54. The summed E-state index contributed by atoms with van der Waals surface area (Å²) >= 11 is 0. The monoisotopic (exact) mass is 343 g/mol. The van der Waals surface area contributed by atoms with Crippen molar-refractivity contribution in [2.24, 2.45) is 5.18 Å². The summed E-state index contributed by atoms with van der Waals surface area (Å²) in [5.41, 5.74) is 3.44. The number of fused-ring (bicyclic) bond motifs is 3. The molecule has 2 heterocycles. The predicted octanol–water partition coefficient (Wildman–Crippen LogP) is 4.20. The van der Waals surface area contributed by atoms with Crippen molar-refractivity contribution in [3.8, 4) is 17.0 Å². The average molecular weight is 343 g/mol. The molecule has 0 saturated heterocycles. The third-order valence-electron chi connectivity index (χ3n) is 4.71. The maximum atomic E-state index is 13.7. The van der Waals surface area contributed by atoms with Crippen molar-refractivity contribution >= 4 is 16.6 Å².